The van der Waals surface area contributed by atoms with Crippen LogP contribution in [0.1, 0.15) is 22.8 Å². The molecule has 0 fully saturated rings. The van der Waals surface area contributed by atoms with Gasteiger partial charge in [0.2, 0.25) is 0 Å². The monoisotopic (exact) mass is 382 g/mol. The van der Waals surface area contributed by atoms with E-state index in [-0.39, 0.29) is 11.5 Å². The van der Waals surface area contributed by atoms with E-state index < -0.39 is 6.61 Å². The highest BCUT2D eigenvalue weighted by Gasteiger charge is 2.11. The van der Waals surface area contributed by atoms with Gasteiger partial charge in [0, 0.05) is 5.56 Å². The van der Waals surface area contributed by atoms with Crippen molar-refractivity contribution < 1.29 is 27.8 Å². The smallest absolute Gasteiger partial charge is 0.387 e. The second kappa shape index (κ2) is 9.20. The number of ether oxygens (including phenoxy) is 3. The van der Waals surface area contributed by atoms with Crippen LogP contribution in [0.15, 0.2) is 42.5 Å². The van der Waals surface area contributed by atoms with E-state index >= 15 is 0 Å². The Bertz CT molecular complexity index is 789. The van der Waals surface area contributed by atoms with E-state index in [1.165, 1.54) is 37.5 Å². The minimum atomic E-state index is -2.91. The molecule has 0 heterocycles. The van der Waals surface area contributed by atoms with Gasteiger partial charge in [-0.15, -0.1) is 0 Å². The number of carbonyl (C=O) groups is 1. The first-order valence-electron chi connectivity index (χ1n) is 7.72. The third kappa shape index (κ3) is 5.20. The molecule has 2 aromatic rings. The molecule has 0 radical (unpaired) electrons. The third-order valence-electron chi connectivity index (χ3n) is 3.33. The predicted molar refractivity (Wildman–Crippen MR) is 95.6 cm³/mol. The van der Waals surface area contributed by atoms with Gasteiger partial charge in [-0.25, -0.2) is 0 Å². The Morgan fingerprint density at radius 1 is 1.23 bits per heavy atom. The van der Waals surface area contributed by atoms with Crippen molar-refractivity contribution in [3.05, 3.63) is 58.6 Å². The molecular formula is C19H17ClF2O4. The van der Waals surface area contributed by atoms with Crippen LogP contribution in [0.5, 0.6) is 17.2 Å². The van der Waals surface area contributed by atoms with Gasteiger partial charge < -0.3 is 14.2 Å². The van der Waals surface area contributed by atoms with Crippen molar-refractivity contribution >= 4 is 23.5 Å². The van der Waals surface area contributed by atoms with Crippen molar-refractivity contribution in [3.63, 3.8) is 0 Å². The molecule has 0 aromatic heterocycles. The zero-order chi connectivity index (χ0) is 19.1. The number of hydrogen-bond acceptors (Lipinski definition) is 4. The molecule has 0 saturated heterocycles. The van der Waals surface area contributed by atoms with Gasteiger partial charge in [-0.05, 0) is 55.0 Å². The number of hydrogen-bond donors (Lipinski definition) is 0. The minimum Gasteiger partial charge on any atom is -0.491 e. The van der Waals surface area contributed by atoms with Gasteiger partial charge in [-0.3, -0.25) is 4.79 Å². The van der Waals surface area contributed by atoms with Gasteiger partial charge in [-0.1, -0.05) is 17.7 Å². The third-order valence-corrected chi connectivity index (χ3v) is 3.61. The van der Waals surface area contributed by atoms with Crippen LogP contribution in [-0.2, 0) is 0 Å². The topological polar surface area (TPSA) is 44.8 Å². The van der Waals surface area contributed by atoms with E-state index in [9.17, 15) is 13.6 Å². The maximum Gasteiger partial charge on any atom is 0.387 e. The number of rotatable bonds is 8. The van der Waals surface area contributed by atoms with E-state index in [0.717, 1.165) is 0 Å². The van der Waals surface area contributed by atoms with E-state index in [1.807, 2.05) is 6.92 Å². The number of benzene rings is 2. The summed E-state index contributed by atoms with van der Waals surface area (Å²) in [7, 11) is 1.49. The molecule has 0 unspecified atom stereocenters. The first kappa shape index (κ1) is 19.7. The molecule has 138 valence electrons. The normalized spacial score (nSPS) is 11.0. The number of alkyl halides is 2. The van der Waals surface area contributed by atoms with E-state index in [1.54, 1.807) is 18.2 Å². The molecule has 7 heteroatoms. The molecule has 0 saturated carbocycles. The summed E-state index contributed by atoms with van der Waals surface area (Å²) in [5.41, 5.74) is 0.998. The van der Waals surface area contributed by atoms with Crippen molar-refractivity contribution in [2.75, 3.05) is 13.7 Å². The average molecular weight is 383 g/mol. The highest BCUT2D eigenvalue weighted by atomic mass is 35.5. The molecule has 0 spiro atoms. The van der Waals surface area contributed by atoms with Crippen molar-refractivity contribution in [1.82, 2.24) is 0 Å². The van der Waals surface area contributed by atoms with Gasteiger partial charge in [-0.2, -0.15) is 8.78 Å². The molecule has 2 rings (SSSR count). The number of halogens is 3. The van der Waals surface area contributed by atoms with E-state index in [2.05, 4.69) is 4.74 Å². The van der Waals surface area contributed by atoms with Crippen LogP contribution in [0.2, 0.25) is 5.02 Å². The lowest BCUT2D eigenvalue weighted by atomic mass is 10.1. The van der Waals surface area contributed by atoms with Crippen LogP contribution in [0.3, 0.4) is 0 Å². The van der Waals surface area contributed by atoms with Crippen molar-refractivity contribution in [1.29, 1.82) is 0 Å². The summed E-state index contributed by atoms with van der Waals surface area (Å²) in [6.07, 6.45) is 2.94. The summed E-state index contributed by atoms with van der Waals surface area (Å²) < 4.78 is 39.2. The van der Waals surface area contributed by atoms with Crippen LogP contribution in [0.25, 0.3) is 6.08 Å². The standard InChI is InChI=1S/C19H17ClF2O4/c1-3-25-17-11-12(10-15(20)18(17)24-2)4-9-16(23)13-5-7-14(8-6-13)26-19(21)22/h4-11,19H,3H2,1-2H3. The summed E-state index contributed by atoms with van der Waals surface area (Å²) in [6, 6.07) is 8.80. The van der Waals surface area contributed by atoms with Crippen molar-refractivity contribution in [3.8, 4) is 17.2 Å². The summed E-state index contributed by atoms with van der Waals surface area (Å²) in [5.74, 6) is 0.594. The molecule has 0 aliphatic rings. The number of allylic oxidation sites excluding steroid dienone is 1. The Labute approximate surface area is 154 Å². The fourth-order valence-corrected chi connectivity index (χ4v) is 2.51. The number of methoxy groups -OCH3 is 1. The number of carbonyl (C=O) groups excluding carboxylic acids is 1. The lowest BCUT2D eigenvalue weighted by molar-refractivity contribution is -0.0498. The SMILES string of the molecule is CCOc1cc(C=CC(=O)c2ccc(OC(F)F)cc2)cc(Cl)c1OC. The van der Waals surface area contributed by atoms with Crippen LogP contribution in [-0.4, -0.2) is 26.1 Å². The number of ketones is 1. The summed E-state index contributed by atoms with van der Waals surface area (Å²) >= 11 is 6.16. The Balaban J connectivity index is 2.17. The Hall–Kier alpha value is -2.60. The maximum atomic E-state index is 12.2. The van der Waals surface area contributed by atoms with Gasteiger partial charge >= 0.3 is 6.61 Å². The second-order valence-electron chi connectivity index (χ2n) is 5.07. The molecule has 0 atom stereocenters. The molecule has 0 aliphatic carbocycles. The van der Waals surface area contributed by atoms with Gasteiger partial charge in [0.25, 0.3) is 0 Å². The first-order chi connectivity index (χ1) is 12.4. The van der Waals surface area contributed by atoms with Crippen molar-refractivity contribution in [2.24, 2.45) is 0 Å². The molecule has 0 N–H and O–H groups in total. The largest absolute Gasteiger partial charge is 0.491 e. The molecule has 0 aliphatic heterocycles. The molecule has 2 aromatic carbocycles. The fourth-order valence-electron chi connectivity index (χ4n) is 2.21. The summed E-state index contributed by atoms with van der Waals surface area (Å²) in [6.45, 7) is -0.636. The van der Waals surface area contributed by atoms with Crippen molar-refractivity contribution in [2.45, 2.75) is 13.5 Å². The van der Waals surface area contributed by atoms with Crippen LogP contribution < -0.4 is 14.2 Å². The minimum absolute atomic E-state index is 0.0104. The highest BCUT2D eigenvalue weighted by Crippen LogP contribution is 2.36. The molecule has 4 nitrogen and oxygen atoms in total. The van der Waals surface area contributed by atoms with Crippen LogP contribution in [0, 0.1) is 0 Å². The lowest BCUT2D eigenvalue weighted by Gasteiger charge is -2.11. The lowest BCUT2D eigenvalue weighted by Crippen LogP contribution is -2.02. The molecule has 26 heavy (non-hydrogen) atoms. The highest BCUT2D eigenvalue weighted by molar-refractivity contribution is 6.32. The van der Waals surface area contributed by atoms with Gasteiger partial charge in [0.15, 0.2) is 17.3 Å². The zero-order valence-electron chi connectivity index (χ0n) is 14.2. The molecule has 0 bridgehead atoms. The maximum absolute atomic E-state index is 12.2. The Morgan fingerprint density at radius 2 is 1.92 bits per heavy atom. The summed E-state index contributed by atoms with van der Waals surface area (Å²) in [5, 5.41) is 0.360. The average Bonchev–Trinajstić information content (AvgIpc) is 2.60. The van der Waals surface area contributed by atoms with Crippen LogP contribution >= 0.6 is 11.6 Å². The van der Waals surface area contributed by atoms with E-state index in [4.69, 9.17) is 21.1 Å². The zero-order valence-corrected chi connectivity index (χ0v) is 14.9. The molecule has 0 amide bonds. The van der Waals surface area contributed by atoms with Gasteiger partial charge in [0.05, 0.1) is 18.7 Å². The Kier molecular flexibility index (Phi) is 6.97. The molecular weight excluding hydrogens is 366 g/mol. The first-order valence-corrected chi connectivity index (χ1v) is 8.10. The van der Waals surface area contributed by atoms with Gasteiger partial charge in [0.1, 0.15) is 5.75 Å². The fraction of sp³-hybridized carbons (Fsp3) is 0.211. The second-order valence-corrected chi connectivity index (χ2v) is 5.47. The van der Waals surface area contributed by atoms with Crippen LogP contribution in [0.4, 0.5) is 8.78 Å². The summed E-state index contributed by atoms with van der Waals surface area (Å²) in [4.78, 5) is 12.2. The quantitative estimate of drug-likeness (QED) is 0.462. The predicted octanol–water partition coefficient (Wildman–Crippen LogP) is 5.24. The van der Waals surface area contributed by atoms with E-state index in [0.29, 0.717) is 34.3 Å². The Morgan fingerprint density at radius 3 is 2.50 bits per heavy atom.